The van der Waals surface area contributed by atoms with Gasteiger partial charge in [-0.1, -0.05) is 4.49 Å². The van der Waals surface area contributed by atoms with Gasteiger partial charge in [0.1, 0.15) is 10.7 Å². The van der Waals surface area contributed by atoms with Gasteiger partial charge in [-0.2, -0.15) is 12.6 Å². The Morgan fingerprint density at radius 1 is 1.75 bits per heavy atom. The molecule has 0 radical (unpaired) electrons. The van der Waals surface area contributed by atoms with Crippen LogP contribution in [0.5, 0.6) is 0 Å². The van der Waals surface area contributed by atoms with Gasteiger partial charge in [-0.3, -0.25) is 0 Å². The lowest BCUT2D eigenvalue weighted by atomic mass is 10.5. The molecule has 0 fully saturated rings. The van der Waals surface area contributed by atoms with Crippen molar-refractivity contribution in [2.24, 2.45) is 0 Å². The quantitative estimate of drug-likeness (QED) is 0.570. The van der Waals surface area contributed by atoms with Crippen molar-refractivity contribution >= 4 is 29.2 Å². The van der Waals surface area contributed by atoms with Crippen molar-refractivity contribution in [3.05, 3.63) is 5.69 Å². The molecule has 44 valence electrons. The summed E-state index contributed by atoms with van der Waals surface area (Å²) in [6.45, 7) is 0. The first-order chi connectivity index (χ1) is 3.84. The molecule has 0 bridgehead atoms. The summed E-state index contributed by atoms with van der Waals surface area (Å²) < 4.78 is 3.61. The van der Waals surface area contributed by atoms with E-state index in [1.54, 1.807) is 0 Å². The molecule has 0 atom stereocenters. The number of aromatic nitrogens is 2. The van der Waals surface area contributed by atoms with E-state index in [0.29, 0.717) is 10.8 Å². The summed E-state index contributed by atoms with van der Waals surface area (Å²) in [7, 11) is 0. The minimum Gasteiger partial charge on any atom is -0.388 e. The van der Waals surface area contributed by atoms with E-state index in [-0.39, 0.29) is 0 Å². The first-order valence-corrected chi connectivity index (χ1v) is 3.42. The molecule has 5 heteroatoms. The van der Waals surface area contributed by atoms with Gasteiger partial charge in [-0.15, -0.1) is 5.10 Å². The van der Waals surface area contributed by atoms with Gasteiger partial charge in [-0.05, 0) is 0 Å². The Morgan fingerprint density at radius 3 is 2.75 bits per heavy atom. The maximum Gasteiger partial charge on any atom is 0.131 e. The van der Waals surface area contributed by atoms with E-state index in [1.165, 1.54) is 11.5 Å². The molecule has 0 spiro atoms. The fourth-order valence-corrected chi connectivity index (χ4v) is 1.11. The second kappa shape index (κ2) is 2.32. The third kappa shape index (κ3) is 0.924. The normalized spacial score (nSPS) is 9.62. The molecule has 1 heterocycles. The molecule has 0 aromatic carbocycles. The number of rotatable bonds is 1. The lowest BCUT2D eigenvalue weighted by Crippen LogP contribution is -1.85. The minimum absolute atomic E-state index is 0.572. The number of anilines is 1. The SMILES string of the molecule is Nc1snnc1CS. The number of nitrogens with two attached hydrogens (primary N) is 1. The third-order valence-electron chi connectivity index (χ3n) is 0.735. The molecule has 1 aromatic rings. The van der Waals surface area contributed by atoms with Gasteiger partial charge in [0.2, 0.25) is 0 Å². The predicted octanol–water partition coefficient (Wildman–Crippen LogP) is 0.550. The van der Waals surface area contributed by atoms with Crippen molar-refractivity contribution in [1.82, 2.24) is 9.59 Å². The summed E-state index contributed by atoms with van der Waals surface area (Å²) in [5.41, 5.74) is 6.17. The standard InChI is InChI=1S/C3H5N3S2/c4-3-2(1-7)5-6-8-3/h7H,1,4H2. The highest BCUT2D eigenvalue weighted by Crippen LogP contribution is 2.13. The van der Waals surface area contributed by atoms with Crippen LogP contribution < -0.4 is 5.73 Å². The maximum absolute atomic E-state index is 5.40. The zero-order chi connectivity index (χ0) is 5.98. The molecule has 0 aliphatic heterocycles. The van der Waals surface area contributed by atoms with Crippen LogP contribution in [0, 0.1) is 0 Å². The summed E-state index contributed by atoms with van der Waals surface area (Å²) in [6, 6.07) is 0. The minimum atomic E-state index is 0.572. The largest absolute Gasteiger partial charge is 0.388 e. The highest BCUT2D eigenvalue weighted by molar-refractivity contribution is 7.79. The summed E-state index contributed by atoms with van der Waals surface area (Å²) in [6.07, 6.45) is 0. The molecule has 0 unspecified atom stereocenters. The molecule has 0 aliphatic rings. The maximum atomic E-state index is 5.40. The summed E-state index contributed by atoms with van der Waals surface area (Å²) in [5, 5.41) is 4.37. The average Bonchev–Trinajstić information content (AvgIpc) is 2.14. The molecule has 0 aliphatic carbocycles. The van der Waals surface area contributed by atoms with Crippen LogP contribution in [0.15, 0.2) is 0 Å². The Labute approximate surface area is 56.5 Å². The molecule has 1 rings (SSSR count). The lowest BCUT2D eigenvalue weighted by Gasteiger charge is -1.83. The number of nitrogen functional groups attached to an aromatic ring is 1. The van der Waals surface area contributed by atoms with Crippen LogP contribution in [0.3, 0.4) is 0 Å². The van der Waals surface area contributed by atoms with Gasteiger partial charge in [0.25, 0.3) is 0 Å². The zero-order valence-corrected chi connectivity index (χ0v) is 5.75. The monoisotopic (exact) mass is 147 g/mol. The molecule has 0 saturated carbocycles. The molecule has 8 heavy (non-hydrogen) atoms. The van der Waals surface area contributed by atoms with Gasteiger partial charge in [0.05, 0.1) is 0 Å². The summed E-state index contributed by atoms with van der Waals surface area (Å²) >= 11 is 5.17. The molecule has 2 N–H and O–H groups in total. The second-order valence-corrected chi connectivity index (χ2v) is 2.34. The topological polar surface area (TPSA) is 51.8 Å². The molecular formula is C3H5N3S2. The fraction of sp³-hybridized carbons (Fsp3) is 0.333. The van der Waals surface area contributed by atoms with E-state index in [1.807, 2.05) is 0 Å². The highest BCUT2D eigenvalue weighted by Gasteiger charge is 1.98. The zero-order valence-electron chi connectivity index (χ0n) is 4.03. The van der Waals surface area contributed by atoms with E-state index >= 15 is 0 Å². The molecule has 1 aromatic heterocycles. The van der Waals surface area contributed by atoms with E-state index in [2.05, 4.69) is 22.2 Å². The molecule has 3 nitrogen and oxygen atoms in total. The van der Waals surface area contributed by atoms with E-state index < -0.39 is 0 Å². The van der Waals surface area contributed by atoms with Crippen LogP contribution in [-0.4, -0.2) is 9.59 Å². The molecule has 0 saturated heterocycles. The lowest BCUT2D eigenvalue weighted by molar-refractivity contribution is 1.08. The Morgan fingerprint density at radius 2 is 2.50 bits per heavy atom. The molecular weight excluding hydrogens is 142 g/mol. The average molecular weight is 147 g/mol. The Hall–Kier alpha value is -0.290. The van der Waals surface area contributed by atoms with E-state index in [4.69, 9.17) is 5.73 Å². The van der Waals surface area contributed by atoms with Gasteiger partial charge in [0, 0.05) is 17.3 Å². The van der Waals surface area contributed by atoms with Crippen LogP contribution in [0.25, 0.3) is 0 Å². The van der Waals surface area contributed by atoms with Crippen molar-refractivity contribution in [1.29, 1.82) is 0 Å². The van der Waals surface area contributed by atoms with Crippen molar-refractivity contribution in [3.63, 3.8) is 0 Å². The van der Waals surface area contributed by atoms with Gasteiger partial charge in [-0.25, -0.2) is 0 Å². The van der Waals surface area contributed by atoms with Gasteiger partial charge >= 0.3 is 0 Å². The first kappa shape index (κ1) is 5.84. The third-order valence-corrected chi connectivity index (χ3v) is 1.63. The Balaban J connectivity index is 2.92. The first-order valence-electron chi connectivity index (χ1n) is 2.02. The summed E-state index contributed by atoms with van der Waals surface area (Å²) in [4.78, 5) is 0. The number of nitrogens with zero attached hydrogens (tertiary/aromatic N) is 2. The van der Waals surface area contributed by atoms with Crippen LogP contribution in [0.1, 0.15) is 5.69 Å². The predicted molar refractivity (Wildman–Crippen MR) is 37.0 cm³/mol. The van der Waals surface area contributed by atoms with Crippen molar-refractivity contribution in [3.8, 4) is 0 Å². The van der Waals surface area contributed by atoms with Crippen LogP contribution in [-0.2, 0) is 5.75 Å². The van der Waals surface area contributed by atoms with Crippen LogP contribution in [0.4, 0.5) is 5.00 Å². The number of hydrogen-bond donors (Lipinski definition) is 2. The highest BCUT2D eigenvalue weighted by atomic mass is 32.1. The number of hydrogen-bond acceptors (Lipinski definition) is 5. The van der Waals surface area contributed by atoms with Crippen molar-refractivity contribution < 1.29 is 0 Å². The Kier molecular flexibility index (Phi) is 1.69. The van der Waals surface area contributed by atoms with Crippen molar-refractivity contribution in [2.75, 3.05) is 5.73 Å². The second-order valence-electron chi connectivity index (χ2n) is 1.24. The molecule has 0 amide bonds. The Bertz CT molecular complexity index is 173. The van der Waals surface area contributed by atoms with Crippen molar-refractivity contribution in [2.45, 2.75) is 5.75 Å². The van der Waals surface area contributed by atoms with Crippen LogP contribution in [0.2, 0.25) is 0 Å². The van der Waals surface area contributed by atoms with E-state index in [0.717, 1.165) is 5.69 Å². The summed E-state index contributed by atoms with van der Waals surface area (Å²) in [5.74, 6) is 0.572. The fourth-order valence-electron chi connectivity index (χ4n) is 0.325. The number of thiol groups is 1. The van der Waals surface area contributed by atoms with Crippen LogP contribution >= 0.6 is 24.2 Å². The van der Waals surface area contributed by atoms with E-state index in [9.17, 15) is 0 Å². The van der Waals surface area contributed by atoms with Gasteiger partial charge in [0.15, 0.2) is 0 Å². The van der Waals surface area contributed by atoms with Gasteiger partial charge < -0.3 is 5.73 Å². The smallest absolute Gasteiger partial charge is 0.131 e.